The molecule has 0 saturated heterocycles. The SMILES string of the molecule is CCC(C(=O)Nc1cc(C)cc(C)c1)S(=O)(=O)CC(=O)Nc1ccc(F)cc1. The van der Waals surface area contributed by atoms with Gasteiger partial charge in [-0.1, -0.05) is 13.0 Å². The molecular formula is C20H23FN2O4S. The molecule has 0 saturated carbocycles. The standard InChI is InChI=1S/C20H23FN2O4S/c1-4-18(20(25)23-17-10-13(2)9-14(3)11-17)28(26,27)12-19(24)22-16-7-5-15(21)6-8-16/h5-11,18H,4,12H2,1-3H3,(H,22,24)(H,23,25). The first-order valence-electron chi connectivity index (χ1n) is 8.77. The average Bonchev–Trinajstić information content (AvgIpc) is 2.55. The molecule has 0 aromatic heterocycles. The molecule has 1 unspecified atom stereocenters. The number of carbonyl (C=O) groups is 2. The third kappa shape index (κ3) is 5.88. The molecule has 0 spiro atoms. The van der Waals surface area contributed by atoms with Gasteiger partial charge < -0.3 is 10.6 Å². The number of benzene rings is 2. The van der Waals surface area contributed by atoms with Crippen molar-refractivity contribution in [3.05, 3.63) is 59.4 Å². The van der Waals surface area contributed by atoms with E-state index in [0.29, 0.717) is 5.69 Å². The highest BCUT2D eigenvalue weighted by atomic mass is 32.2. The van der Waals surface area contributed by atoms with Crippen LogP contribution in [0.3, 0.4) is 0 Å². The van der Waals surface area contributed by atoms with Gasteiger partial charge in [-0.15, -0.1) is 0 Å². The van der Waals surface area contributed by atoms with Crippen molar-refractivity contribution in [2.24, 2.45) is 0 Å². The van der Waals surface area contributed by atoms with Gasteiger partial charge in [0.2, 0.25) is 11.8 Å². The van der Waals surface area contributed by atoms with Crippen LogP contribution in [-0.2, 0) is 19.4 Å². The summed E-state index contributed by atoms with van der Waals surface area (Å²) in [5.74, 6) is -2.78. The van der Waals surface area contributed by atoms with E-state index in [2.05, 4.69) is 10.6 Å². The quantitative estimate of drug-likeness (QED) is 0.738. The van der Waals surface area contributed by atoms with Crippen molar-refractivity contribution >= 4 is 33.0 Å². The number of carbonyl (C=O) groups excluding carboxylic acids is 2. The maximum absolute atomic E-state index is 12.9. The highest BCUT2D eigenvalue weighted by Gasteiger charge is 2.33. The molecule has 2 aromatic carbocycles. The summed E-state index contributed by atoms with van der Waals surface area (Å²) in [7, 11) is -4.04. The minimum absolute atomic E-state index is 0.0305. The Hall–Kier alpha value is -2.74. The van der Waals surface area contributed by atoms with E-state index >= 15 is 0 Å². The van der Waals surface area contributed by atoms with E-state index < -0.39 is 38.5 Å². The van der Waals surface area contributed by atoms with Gasteiger partial charge in [0.25, 0.3) is 0 Å². The summed E-state index contributed by atoms with van der Waals surface area (Å²) in [6, 6.07) is 10.4. The van der Waals surface area contributed by atoms with Gasteiger partial charge in [-0.3, -0.25) is 9.59 Å². The molecule has 2 aromatic rings. The second kappa shape index (κ2) is 8.97. The molecule has 6 nitrogen and oxygen atoms in total. The molecule has 0 bridgehead atoms. The van der Waals surface area contributed by atoms with Gasteiger partial charge in [0.15, 0.2) is 9.84 Å². The van der Waals surface area contributed by atoms with Crippen molar-refractivity contribution in [1.29, 1.82) is 0 Å². The van der Waals surface area contributed by atoms with Gasteiger partial charge in [0.05, 0.1) is 0 Å². The fourth-order valence-corrected chi connectivity index (χ4v) is 4.42. The Bertz CT molecular complexity index is 952. The Morgan fingerprint density at radius 3 is 2.07 bits per heavy atom. The van der Waals surface area contributed by atoms with Crippen molar-refractivity contribution < 1.29 is 22.4 Å². The van der Waals surface area contributed by atoms with Crippen LogP contribution in [-0.4, -0.2) is 31.2 Å². The maximum Gasteiger partial charge on any atom is 0.242 e. The second-order valence-electron chi connectivity index (χ2n) is 6.62. The molecule has 0 aliphatic rings. The predicted octanol–water partition coefficient (Wildman–Crippen LogP) is 3.21. The van der Waals surface area contributed by atoms with E-state index in [1.54, 1.807) is 19.1 Å². The number of nitrogens with one attached hydrogen (secondary N) is 2. The summed E-state index contributed by atoms with van der Waals surface area (Å²) in [4.78, 5) is 24.6. The molecule has 0 fully saturated rings. The molecule has 1 atom stereocenters. The van der Waals surface area contributed by atoms with E-state index in [4.69, 9.17) is 0 Å². The Balaban J connectivity index is 2.08. The number of amides is 2. The van der Waals surface area contributed by atoms with E-state index in [1.807, 2.05) is 19.9 Å². The van der Waals surface area contributed by atoms with Crippen LogP contribution in [0.25, 0.3) is 0 Å². The van der Waals surface area contributed by atoms with E-state index in [-0.39, 0.29) is 12.1 Å². The van der Waals surface area contributed by atoms with Gasteiger partial charge in [0, 0.05) is 11.4 Å². The Morgan fingerprint density at radius 1 is 0.964 bits per heavy atom. The number of anilines is 2. The highest BCUT2D eigenvalue weighted by Crippen LogP contribution is 2.17. The third-order valence-corrected chi connectivity index (χ3v) is 6.13. The number of hydrogen-bond donors (Lipinski definition) is 2. The van der Waals surface area contributed by atoms with Crippen LogP contribution >= 0.6 is 0 Å². The molecule has 2 N–H and O–H groups in total. The average molecular weight is 406 g/mol. The zero-order chi connectivity index (χ0) is 20.9. The Labute approximate surface area is 164 Å². The largest absolute Gasteiger partial charge is 0.325 e. The Morgan fingerprint density at radius 2 is 1.54 bits per heavy atom. The normalized spacial score (nSPS) is 12.3. The highest BCUT2D eigenvalue weighted by molar-refractivity contribution is 7.93. The van der Waals surface area contributed by atoms with Crippen molar-refractivity contribution in [3.63, 3.8) is 0 Å². The maximum atomic E-state index is 12.9. The molecule has 8 heteroatoms. The van der Waals surface area contributed by atoms with Gasteiger partial charge in [-0.05, 0) is 67.8 Å². The minimum Gasteiger partial charge on any atom is -0.325 e. The van der Waals surface area contributed by atoms with Crippen molar-refractivity contribution in [1.82, 2.24) is 0 Å². The number of halogens is 1. The van der Waals surface area contributed by atoms with Gasteiger partial charge >= 0.3 is 0 Å². The first-order chi connectivity index (χ1) is 13.1. The Kier molecular flexibility index (Phi) is 6.90. The van der Waals surface area contributed by atoms with E-state index in [1.165, 1.54) is 12.1 Å². The minimum atomic E-state index is -4.04. The smallest absolute Gasteiger partial charge is 0.242 e. The second-order valence-corrected chi connectivity index (χ2v) is 8.81. The predicted molar refractivity (Wildman–Crippen MR) is 107 cm³/mol. The van der Waals surface area contributed by atoms with Crippen LogP contribution < -0.4 is 10.6 Å². The lowest BCUT2D eigenvalue weighted by Crippen LogP contribution is -2.39. The number of sulfone groups is 1. The molecule has 28 heavy (non-hydrogen) atoms. The van der Waals surface area contributed by atoms with Crippen LogP contribution in [0.1, 0.15) is 24.5 Å². The molecule has 0 aliphatic heterocycles. The third-order valence-electron chi connectivity index (χ3n) is 4.05. The molecule has 150 valence electrons. The number of aryl methyl sites for hydroxylation is 2. The summed E-state index contributed by atoms with van der Waals surface area (Å²) >= 11 is 0. The zero-order valence-electron chi connectivity index (χ0n) is 16.0. The van der Waals surface area contributed by atoms with Crippen LogP contribution in [0.5, 0.6) is 0 Å². The summed E-state index contributed by atoms with van der Waals surface area (Å²) < 4.78 is 38.1. The van der Waals surface area contributed by atoms with Crippen molar-refractivity contribution in [3.8, 4) is 0 Å². The number of hydrogen-bond acceptors (Lipinski definition) is 4. The van der Waals surface area contributed by atoms with Crippen LogP contribution in [0.2, 0.25) is 0 Å². The van der Waals surface area contributed by atoms with Crippen LogP contribution in [0, 0.1) is 19.7 Å². The fraction of sp³-hybridized carbons (Fsp3) is 0.300. The molecule has 2 rings (SSSR count). The first-order valence-corrected chi connectivity index (χ1v) is 10.5. The lowest BCUT2D eigenvalue weighted by molar-refractivity contribution is -0.115. The molecule has 0 radical (unpaired) electrons. The lowest BCUT2D eigenvalue weighted by Gasteiger charge is -2.16. The van der Waals surface area contributed by atoms with Crippen molar-refractivity contribution in [2.45, 2.75) is 32.4 Å². The zero-order valence-corrected chi connectivity index (χ0v) is 16.8. The van der Waals surface area contributed by atoms with E-state index in [9.17, 15) is 22.4 Å². The summed E-state index contributed by atoms with van der Waals surface area (Å²) in [5, 5.41) is 3.66. The molecule has 2 amide bonds. The molecule has 0 aliphatic carbocycles. The summed E-state index contributed by atoms with van der Waals surface area (Å²) in [5.41, 5.74) is 2.65. The van der Waals surface area contributed by atoms with Gasteiger partial charge in [0.1, 0.15) is 16.8 Å². The molecular weight excluding hydrogens is 383 g/mol. The topological polar surface area (TPSA) is 92.3 Å². The van der Waals surface area contributed by atoms with Crippen molar-refractivity contribution in [2.75, 3.05) is 16.4 Å². The molecule has 0 heterocycles. The first kappa shape index (κ1) is 21.6. The van der Waals surface area contributed by atoms with E-state index in [0.717, 1.165) is 23.3 Å². The fourth-order valence-electron chi connectivity index (χ4n) is 2.89. The van der Waals surface area contributed by atoms with Gasteiger partial charge in [-0.25, -0.2) is 12.8 Å². The van der Waals surface area contributed by atoms with Crippen LogP contribution in [0.15, 0.2) is 42.5 Å². The number of rotatable bonds is 7. The van der Waals surface area contributed by atoms with Crippen LogP contribution in [0.4, 0.5) is 15.8 Å². The summed E-state index contributed by atoms with van der Waals surface area (Å²) in [6.07, 6.45) is 0.0305. The monoisotopic (exact) mass is 406 g/mol. The van der Waals surface area contributed by atoms with Gasteiger partial charge in [-0.2, -0.15) is 0 Å². The lowest BCUT2D eigenvalue weighted by atomic mass is 10.1. The summed E-state index contributed by atoms with van der Waals surface area (Å²) in [6.45, 7) is 5.31.